The summed E-state index contributed by atoms with van der Waals surface area (Å²) in [5.41, 5.74) is 1.23. The topological polar surface area (TPSA) is 49.4 Å². The molecule has 1 saturated carbocycles. The Bertz CT molecular complexity index is 539. The van der Waals surface area contributed by atoms with Gasteiger partial charge in [0.05, 0.1) is 5.92 Å². The summed E-state index contributed by atoms with van der Waals surface area (Å²) in [6, 6.07) is 10.3. The Kier molecular flexibility index (Phi) is 4.46. The molecule has 2 amide bonds. The maximum absolute atomic E-state index is 12.5. The summed E-state index contributed by atoms with van der Waals surface area (Å²) in [5, 5.41) is 2.91. The Labute approximate surface area is 131 Å². The molecule has 1 N–H and O–H groups in total. The molecule has 118 valence electrons. The zero-order valence-corrected chi connectivity index (χ0v) is 13.1. The predicted molar refractivity (Wildman–Crippen MR) is 85.3 cm³/mol. The van der Waals surface area contributed by atoms with E-state index in [1.54, 1.807) is 0 Å². The zero-order valence-electron chi connectivity index (χ0n) is 13.1. The molecule has 0 bridgehead atoms. The summed E-state index contributed by atoms with van der Waals surface area (Å²) in [5.74, 6) is 0.697. The lowest BCUT2D eigenvalue weighted by atomic mass is 9.84. The molecule has 2 fully saturated rings. The summed E-state index contributed by atoms with van der Waals surface area (Å²) in [6.45, 7) is 3.89. The van der Waals surface area contributed by atoms with E-state index in [0.29, 0.717) is 13.1 Å². The summed E-state index contributed by atoms with van der Waals surface area (Å²) in [7, 11) is 0. The second-order valence-electron chi connectivity index (χ2n) is 6.45. The lowest BCUT2D eigenvalue weighted by Gasteiger charge is -2.37. The largest absolute Gasteiger partial charge is 0.356 e. The Morgan fingerprint density at radius 1 is 1.14 bits per heavy atom. The zero-order chi connectivity index (χ0) is 15.5. The molecule has 3 rings (SSSR count). The Hall–Kier alpha value is -1.84. The highest BCUT2D eigenvalue weighted by atomic mass is 16.2. The van der Waals surface area contributed by atoms with Crippen molar-refractivity contribution in [2.24, 2.45) is 11.8 Å². The maximum atomic E-state index is 12.5. The van der Waals surface area contributed by atoms with Crippen LogP contribution in [0.4, 0.5) is 0 Å². The van der Waals surface area contributed by atoms with Crippen molar-refractivity contribution in [2.45, 2.75) is 32.1 Å². The molecule has 1 aliphatic carbocycles. The number of hydrogen-bond acceptors (Lipinski definition) is 2. The average Bonchev–Trinajstić information content (AvgIpc) is 3.40. The van der Waals surface area contributed by atoms with E-state index in [1.165, 1.54) is 5.56 Å². The average molecular weight is 300 g/mol. The number of piperidine rings is 1. The lowest BCUT2D eigenvalue weighted by Crippen LogP contribution is -2.48. The van der Waals surface area contributed by atoms with E-state index in [4.69, 9.17) is 0 Å². The Morgan fingerprint density at radius 3 is 2.50 bits per heavy atom. The van der Waals surface area contributed by atoms with Crippen molar-refractivity contribution < 1.29 is 9.59 Å². The van der Waals surface area contributed by atoms with Gasteiger partial charge in [-0.05, 0) is 31.7 Å². The monoisotopic (exact) mass is 300 g/mol. The second kappa shape index (κ2) is 6.51. The molecule has 2 unspecified atom stereocenters. The van der Waals surface area contributed by atoms with Crippen molar-refractivity contribution in [3.05, 3.63) is 35.9 Å². The van der Waals surface area contributed by atoms with Crippen LogP contribution < -0.4 is 5.32 Å². The summed E-state index contributed by atoms with van der Waals surface area (Å²) in [6.07, 6.45) is 2.85. The number of rotatable bonds is 4. The first-order valence-corrected chi connectivity index (χ1v) is 8.30. The van der Waals surface area contributed by atoms with E-state index < -0.39 is 0 Å². The first-order valence-electron chi connectivity index (χ1n) is 8.30. The van der Waals surface area contributed by atoms with Crippen molar-refractivity contribution in [3.63, 3.8) is 0 Å². The molecule has 2 aliphatic rings. The van der Waals surface area contributed by atoms with Gasteiger partial charge in [-0.2, -0.15) is 0 Å². The summed E-state index contributed by atoms with van der Waals surface area (Å²) in [4.78, 5) is 26.7. The lowest BCUT2D eigenvalue weighted by molar-refractivity contribution is -0.137. The molecule has 2 atom stereocenters. The van der Waals surface area contributed by atoms with Gasteiger partial charge in [0.1, 0.15) is 0 Å². The fraction of sp³-hybridized carbons (Fsp3) is 0.556. The van der Waals surface area contributed by atoms with Crippen LogP contribution >= 0.6 is 0 Å². The summed E-state index contributed by atoms with van der Waals surface area (Å²) >= 11 is 0. The van der Waals surface area contributed by atoms with Gasteiger partial charge in [-0.1, -0.05) is 30.3 Å². The van der Waals surface area contributed by atoms with Gasteiger partial charge < -0.3 is 10.2 Å². The van der Waals surface area contributed by atoms with E-state index in [-0.39, 0.29) is 29.6 Å². The predicted octanol–water partition coefficient (Wildman–Crippen LogP) is 2.16. The number of carbonyl (C=O) groups is 2. The molecule has 1 aromatic rings. The van der Waals surface area contributed by atoms with Crippen molar-refractivity contribution >= 4 is 11.8 Å². The molecular weight excluding hydrogens is 276 g/mol. The van der Waals surface area contributed by atoms with Crippen LogP contribution in [0.2, 0.25) is 0 Å². The van der Waals surface area contributed by atoms with E-state index in [0.717, 1.165) is 25.8 Å². The van der Waals surface area contributed by atoms with Crippen LogP contribution in [-0.2, 0) is 9.59 Å². The van der Waals surface area contributed by atoms with Crippen molar-refractivity contribution in [2.75, 3.05) is 19.6 Å². The number of hydrogen-bond donors (Lipinski definition) is 1. The van der Waals surface area contributed by atoms with Crippen LogP contribution in [0.1, 0.15) is 37.7 Å². The van der Waals surface area contributed by atoms with Crippen LogP contribution in [0.3, 0.4) is 0 Å². The van der Waals surface area contributed by atoms with Crippen molar-refractivity contribution in [1.29, 1.82) is 0 Å². The van der Waals surface area contributed by atoms with E-state index in [1.807, 2.05) is 30.0 Å². The van der Waals surface area contributed by atoms with Crippen LogP contribution in [0.5, 0.6) is 0 Å². The van der Waals surface area contributed by atoms with Gasteiger partial charge >= 0.3 is 0 Å². The molecule has 1 aliphatic heterocycles. The molecule has 0 radical (unpaired) electrons. The number of amides is 2. The van der Waals surface area contributed by atoms with E-state index >= 15 is 0 Å². The summed E-state index contributed by atoms with van der Waals surface area (Å²) < 4.78 is 0. The highest BCUT2D eigenvalue weighted by molar-refractivity contribution is 5.83. The Morgan fingerprint density at radius 2 is 1.86 bits per heavy atom. The van der Waals surface area contributed by atoms with Gasteiger partial charge in [-0.3, -0.25) is 9.59 Å². The molecular formula is C18H24N2O2. The van der Waals surface area contributed by atoms with Gasteiger partial charge in [-0.25, -0.2) is 0 Å². The molecule has 0 spiro atoms. The van der Waals surface area contributed by atoms with Gasteiger partial charge in [0.15, 0.2) is 0 Å². The Balaban J connectivity index is 1.77. The van der Waals surface area contributed by atoms with Crippen molar-refractivity contribution in [1.82, 2.24) is 10.2 Å². The molecule has 1 aromatic carbocycles. The van der Waals surface area contributed by atoms with Crippen LogP contribution in [0, 0.1) is 11.8 Å². The minimum Gasteiger partial charge on any atom is -0.356 e. The molecule has 4 nitrogen and oxygen atoms in total. The smallest absolute Gasteiger partial charge is 0.225 e. The normalized spacial score (nSPS) is 24.9. The van der Waals surface area contributed by atoms with Gasteiger partial charge in [-0.15, -0.1) is 0 Å². The maximum Gasteiger partial charge on any atom is 0.225 e. The van der Waals surface area contributed by atoms with Gasteiger partial charge in [0, 0.05) is 31.5 Å². The highest BCUT2D eigenvalue weighted by Crippen LogP contribution is 2.36. The third kappa shape index (κ3) is 3.32. The number of likely N-dealkylation sites (tertiary alicyclic amines) is 1. The standard InChI is InChI=1S/C18H24N2O2/c1-2-19-17(21)16-10-15(13-6-4-3-5-7-13)11-20(12-16)18(22)14-8-9-14/h3-7,14-16H,2,8-12H2,1H3,(H,19,21). The molecule has 1 saturated heterocycles. The van der Waals surface area contributed by atoms with Gasteiger partial charge in [0.2, 0.25) is 11.8 Å². The molecule has 4 heteroatoms. The number of benzene rings is 1. The van der Waals surface area contributed by atoms with E-state index in [9.17, 15) is 9.59 Å². The van der Waals surface area contributed by atoms with E-state index in [2.05, 4.69) is 17.4 Å². The van der Waals surface area contributed by atoms with Crippen molar-refractivity contribution in [3.8, 4) is 0 Å². The number of nitrogens with one attached hydrogen (secondary N) is 1. The quantitative estimate of drug-likeness (QED) is 0.926. The first-order chi connectivity index (χ1) is 10.7. The molecule has 0 aromatic heterocycles. The highest BCUT2D eigenvalue weighted by Gasteiger charge is 2.39. The van der Waals surface area contributed by atoms with Crippen LogP contribution in [-0.4, -0.2) is 36.3 Å². The number of nitrogens with zero attached hydrogens (tertiary/aromatic N) is 1. The second-order valence-corrected chi connectivity index (χ2v) is 6.45. The SMILES string of the molecule is CCNC(=O)C1CC(c2ccccc2)CN(C(=O)C2CC2)C1. The van der Waals surface area contributed by atoms with Gasteiger partial charge in [0.25, 0.3) is 0 Å². The first kappa shape index (κ1) is 15.1. The minimum atomic E-state index is -0.0957. The number of carbonyl (C=O) groups excluding carboxylic acids is 2. The third-order valence-corrected chi connectivity index (χ3v) is 4.68. The fourth-order valence-corrected chi connectivity index (χ4v) is 3.34. The van der Waals surface area contributed by atoms with Crippen LogP contribution in [0.25, 0.3) is 0 Å². The third-order valence-electron chi connectivity index (χ3n) is 4.68. The minimum absolute atomic E-state index is 0.0803. The van der Waals surface area contributed by atoms with Crippen LogP contribution in [0.15, 0.2) is 30.3 Å². The fourth-order valence-electron chi connectivity index (χ4n) is 3.34. The molecule has 1 heterocycles. The molecule has 22 heavy (non-hydrogen) atoms.